The molecule has 4 atom stereocenters. The third-order valence-electron chi connectivity index (χ3n) is 5.95. The molecule has 0 aliphatic carbocycles. The Morgan fingerprint density at radius 1 is 0.848 bits per heavy atom. The maximum atomic E-state index is 12.4. The molecule has 6 aliphatic rings. The molecule has 0 radical (unpaired) electrons. The highest BCUT2D eigenvalue weighted by Crippen LogP contribution is 2.62. The van der Waals surface area contributed by atoms with E-state index in [0.29, 0.717) is 0 Å². The zero-order valence-corrected chi connectivity index (χ0v) is 16.2. The molecular formula is C19H10N2O12. The molecule has 33 heavy (non-hydrogen) atoms. The average molecular weight is 458 g/mol. The van der Waals surface area contributed by atoms with Crippen LogP contribution < -0.4 is 0 Å². The molecule has 7 heterocycles. The number of hydrogen-bond donors (Lipinski definition) is 0. The van der Waals surface area contributed by atoms with Crippen molar-refractivity contribution in [2.75, 3.05) is 6.54 Å². The van der Waals surface area contributed by atoms with Crippen LogP contribution in [0.15, 0.2) is 30.0 Å². The van der Waals surface area contributed by atoms with Gasteiger partial charge in [0.05, 0.1) is 11.3 Å². The van der Waals surface area contributed by atoms with E-state index < -0.39 is 59.3 Å². The van der Waals surface area contributed by atoms with Crippen LogP contribution in [0.1, 0.15) is 12.1 Å². The predicted octanol–water partition coefficient (Wildman–Crippen LogP) is -2.10. The van der Waals surface area contributed by atoms with Crippen molar-refractivity contribution in [3.05, 3.63) is 35.7 Å². The van der Waals surface area contributed by atoms with Gasteiger partial charge in [-0.15, -0.1) is 0 Å². The van der Waals surface area contributed by atoms with Crippen LogP contribution in [0.4, 0.5) is 0 Å². The van der Waals surface area contributed by atoms with Crippen molar-refractivity contribution in [3.63, 3.8) is 0 Å². The highest BCUT2D eigenvalue weighted by atomic mass is 16.8. The third kappa shape index (κ3) is 2.17. The van der Waals surface area contributed by atoms with Crippen molar-refractivity contribution < 1.29 is 57.2 Å². The van der Waals surface area contributed by atoms with Crippen molar-refractivity contribution in [1.82, 2.24) is 9.88 Å². The Labute approximate surface area is 181 Å². The molecule has 14 nitrogen and oxygen atoms in total. The van der Waals surface area contributed by atoms with Crippen LogP contribution in [0.25, 0.3) is 6.08 Å². The Morgan fingerprint density at radius 3 is 2.15 bits per heavy atom. The molecule has 6 aliphatic heterocycles. The van der Waals surface area contributed by atoms with E-state index in [1.54, 1.807) is 12.1 Å². The van der Waals surface area contributed by atoms with Gasteiger partial charge < -0.3 is 28.4 Å². The number of carbonyl (C=O) groups excluding carboxylic acids is 6. The molecular weight excluding hydrogens is 448 g/mol. The standard InChI is InChI=1S/C19H10N2O12/c22-10-11(23)30-18-16(28-10)21-6-4-17(18,29-12(24)13(25)31-18)9(7-8-3-1-2-5-20-8)19(21)32-14(26)15(27)33-19/h1-3,5,7,16H,4,6H2/b9-7-. The van der Waals surface area contributed by atoms with Crippen LogP contribution in [0.5, 0.6) is 0 Å². The molecule has 0 aromatic carbocycles. The Bertz CT molecular complexity index is 1200. The fraction of sp³-hybridized carbons (Fsp3) is 0.316. The quantitative estimate of drug-likeness (QED) is 0.254. The lowest BCUT2D eigenvalue weighted by atomic mass is 9.69. The highest BCUT2D eigenvalue weighted by molar-refractivity contribution is 6.33. The summed E-state index contributed by atoms with van der Waals surface area (Å²) in [4.78, 5) is 78.2. The smallest absolute Gasteiger partial charge is 0.422 e. The lowest BCUT2D eigenvalue weighted by Gasteiger charge is -2.65. The van der Waals surface area contributed by atoms with Crippen molar-refractivity contribution >= 4 is 41.9 Å². The van der Waals surface area contributed by atoms with Gasteiger partial charge in [-0.2, -0.15) is 4.90 Å². The minimum absolute atomic E-state index is 0.164. The maximum absolute atomic E-state index is 12.4. The zero-order chi connectivity index (χ0) is 23.2. The molecule has 7 rings (SSSR count). The fourth-order valence-electron chi connectivity index (χ4n) is 4.72. The number of pyridine rings is 1. The number of aromatic nitrogens is 1. The molecule has 0 amide bonds. The number of ether oxygens (including phenoxy) is 6. The summed E-state index contributed by atoms with van der Waals surface area (Å²) in [5, 5.41) is 0. The second-order valence-electron chi connectivity index (χ2n) is 7.54. The second kappa shape index (κ2) is 5.92. The summed E-state index contributed by atoms with van der Waals surface area (Å²) in [6, 6.07) is 4.76. The molecule has 1 aromatic rings. The van der Waals surface area contributed by atoms with E-state index in [0.717, 1.165) is 4.90 Å². The molecule has 2 bridgehead atoms. The van der Waals surface area contributed by atoms with Crippen LogP contribution in [0, 0.1) is 0 Å². The number of fused-ring (bicyclic) bond motifs is 1. The van der Waals surface area contributed by atoms with Crippen molar-refractivity contribution in [1.29, 1.82) is 0 Å². The average Bonchev–Trinajstić information content (AvgIpc) is 3.07. The van der Waals surface area contributed by atoms with E-state index in [1.807, 2.05) is 0 Å². The van der Waals surface area contributed by atoms with Gasteiger partial charge in [0.15, 0.2) is 0 Å². The maximum Gasteiger partial charge on any atom is 0.422 e. The zero-order valence-electron chi connectivity index (χ0n) is 16.2. The van der Waals surface area contributed by atoms with Gasteiger partial charge in [-0.05, 0) is 18.2 Å². The number of hydrogen-bond acceptors (Lipinski definition) is 14. The Morgan fingerprint density at radius 2 is 1.48 bits per heavy atom. The summed E-state index contributed by atoms with van der Waals surface area (Å²) in [7, 11) is 0. The van der Waals surface area contributed by atoms with Gasteiger partial charge in [0.2, 0.25) is 11.8 Å². The normalized spacial score (nSPS) is 36.8. The van der Waals surface area contributed by atoms with Gasteiger partial charge in [-0.1, -0.05) is 6.07 Å². The number of carbonyl (C=O) groups is 6. The third-order valence-corrected chi connectivity index (χ3v) is 5.95. The minimum atomic E-state index is -2.51. The van der Waals surface area contributed by atoms with E-state index in [1.165, 1.54) is 18.3 Å². The lowest BCUT2D eigenvalue weighted by Crippen LogP contribution is -2.88. The first-order chi connectivity index (χ1) is 15.7. The summed E-state index contributed by atoms with van der Waals surface area (Å²) in [5.74, 6) is -13.6. The van der Waals surface area contributed by atoms with Gasteiger partial charge in [0.25, 0.3) is 0 Å². The molecule has 4 unspecified atom stereocenters. The van der Waals surface area contributed by atoms with Crippen molar-refractivity contribution in [3.8, 4) is 0 Å². The van der Waals surface area contributed by atoms with E-state index in [4.69, 9.17) is 28.4 Å². The molecule has 6 saturated heterocycles. The van der Waals surface area contributed by atoms with Gasteiger partial charge in [0, 0.05) is 19.2 Å². The van der Waals surface area contributed by atoms with Crippen molar-refractivity contribution in [2.24, 2.45) is 0 Å². The molecule has 3 spiro atoms. The summed E-state index contributed by atoms with van der Waals surface area (Å²) < 4.78 is 31.7. The summed E-state index contributed by atoms with van der Waals surface area (Å²) >= 11 is 0. The molecule has 14 heteroatoms. The number of nitrogens with zero attached hydrogens (tertiary/aromatic N) is 2. The largest absolute Gasteiger partial charge is 0.437 e. The SMILES string of the molecule is O=C1OC2N3CCC4(OC(=O)C(=O)OC24OC1=O)/C(=C/c1ccccn1)C31OC(=O)C(=O)O1. The highest BCUT2D eigenvalue weighted by Gasteiger charge is 2.87. The van der Waals surface area contributed by atoms with E-state index in [9.17, 15) is 28.8 Å². The first kappa shape index (κ1) is 19.4. The van der Waals surface area contributed by atoms with Gasteiger partial charge >= 0.3 is 47.5 Å². The van der Waals surface area contributed by atoms with Crippen LogP contribution >= 0.6 is 0 Å². The van der Waals surface area contributed by atoms with Gasteiger partial charge in [-0.3, -0.25) is 4.98 Å². The van der Waals surface area contributed by atoms with Crippen LogP contribution in [-0.4, -0.2) is 75.8 Å². The topological polar surface area (TPSA) is 174 Å². The first-order valence-corrected chi connectivity index (χ1v) is 9.49. The van der Waals surface area contributed by atoms with E-state index >= 15 is 0 Å². The van der Waals surface area contributed by atoms with Crippen molar-refractivity contribution in [2.45, 2.75) is 29.9 Å². The molecule has 168 valence electrons. The fourth-order valence-corrected chi connectivity index (χ4v) is 4.72. The Hall–Kier alpha value is -4.33. The van der Waals surface area contributed by atoms with Crippen LogP contribution in [-0.2, 0) is 57.2 Å². The summed E-state index contributed by atoms with van der Waals surface area (Å²) in [6.07, 6.45) is 0.724. The minimum Gasteiger partial charge on any atom is -0.437 e. The van der Waals surface area contributed by atoms with Gasteiger partial charge in [-0.25, -0.2) is 28.8 Å². The first-order valence-electron chi connectivity index (χ1n) is 9.49. The lowest BCUT2D eigenvalue weighted by molar-refractivity contribution is -0.436. The summed E-state index contributed by atoms with van der Waals surface area (Å²) in [6.45, 7) is -0.164. The molecule has 0 saturated carbocycles. The number of esters is 6. The predicted molar refractivity (Wildman–Crippen MR) is 92.1 cm³/mol. The monoisotopic (exact) mass is 458 g/mol. The number of rotatable bonds is 1. The molecule has 6 fully saturated rings. The Kier molecular flexibility index (Phi) is 3.47. The Balaban J connectivity index is 1.66. The second-order valence-corrected chi connectivity index (χ2v) is 7.54. The summed E-state index contributed by atoms with van der Waals surface area (Å²) in [5.41, 5.74) is -2.22. The van der Waals surface area contributed by atoms with E-state index in [-0.39, 0.29) is 24.2 Å². The van der Waals surface area contributed by atoms with Crippen LogP contribution in [0.3, 0.4) is 0 Å². The van der Waals surface area contributed by atoms with E-state index in [2.05, 4.69) is 4.98 Å². The molecule has 0 N–H and O–H groups in total. The van der Waals surface area contributed by atoms with Crippen LogP contribution in [0.2, 0.25) is 0 Å². The number of piperidine rings is 3. The van der Waals surface area contributed by atoms with Gasteiger partial charge in [0.1, 0.15) is 0 Å². The molecule has 1 aromatic heterocycles.